The van der Waals surface area contributed by atoms with Gasteiger partial charge in [0.1, 0.15) is 16.6 Å². The fourth-order valence-electron chi connectivity index (χ4n) is 1.94. The first-order chi connectivity index (χ1) is 10.7. The molecule has 0 radical (unpaired) electrons. The SMILES string of the molecule is O=C(Cc1nc(-c2ccc(F)cc2)cs1)NCc1ccco1. The maximum absolute atomic E-state index is 12.9. The van der Waals surface area contributed by atoms with Crippen LogP contribution in [0.3, 0.4) is 0 Å². The quantitative estimate of drug-likeness (QED) is 0.785. The molecule has 0 fully saturated rings. The van der Waals surface area contributed by atoms with Crippen molar-refractivity contribution in [2.24, 2.45) is 0 Å². The van der Waals surface area contributed by atoms with E-state index in [4.69, 9.17) is 4.42 Å². The van der Waals surface area contributed by atoms with E-state index in [0.29, 0.717) is 12.3 Å². The molecule has 2 aromatic heterocycles. The second-order valence-electron chi connectivity index (χ2n) is 4.67. The van der Waals surface area contributed by atoms with Crippen LogP contribution in [0.2, 0.25) is 0 Å². The minimum Gasteiger partial charge on any atom is -0.467 e. The summed E-state index contributed by atoms with van der Waals surface area (Å²) in [5.74, 6) is 0.312. The number of rotatable bonds is 5. The van der Waals surface area contributed by atoms with E-state index in [-0.39, 0.29) is 18.1 Å². The van der Waals surface area contributed by atoms with Crippen molar-refractivity contribution in [1.29, 1.82) is 0 Å². The molecule has 22 heavy (non-hydrogen) atoms. The third-order valence-electron chi connectivity index (χ3n) is 3.04. The standard InChI is InChI=1S/C16H13FN2O2S/c17-12-5-3-11(4-6-12)14-10-22-16(19-14)8-15(20)18-9-13-2-1-7-21-13/h1-7,10H,8-9H2,(H,18,20). The molecule has 0 aliphatic heterocycles. The number of halogens is 1. The van der Waals surface area contributed by atoms with Crippen LogP contribution >= 0.6 is 11.3 Å². The van der Waals surface area contributed by atoms with Gasteiger partial charge in [-0.1, -0.05) is 0 Å². The number of thiazole rings is 1. The Balaban J connectivity index is 1.59. The summed E-state index contributed by atoms with van der Waals surface area (Å²) in [5, 5.41) is 5.36. The zero-order valence-electron chi connectivity index (χ0n) is 11.6. The van der Waals surface area contributed by atoms with Crippen LogP contribution in [0.5, 0.6) is 0 Å². The van der Waals surface area contributed by atoms with Crippen molar-refractivity contribution in [3.8, 4) is 11.3 Å². The number of furan rings is 1. The highest BCUT2D eigenvalue weighted by Gasteiger charge is 2.09. The van der Waals surface area contributed by atoms with E-state index >= 15 is 0 Å². The minimum atomic E-state index is -0.281. The Labute approximate surface area is 130 Å². The maximum atomic E-state index is 12.9. The Hall–Kier alpha value is -2.47. The molecule has 0 aliphatic rings. The number of carbonyl (C=O) groups is 1. The second-order valence-corrected chi connectivity index (χ2v) is 5.61. The molecule has 2 heterocycles. The number of aromatic nitrogens is 1. The Morgan fingerprint density at radius 3 is 2.82 bits per heavy atom. The summed E-state index contributed by atoms with van der Waals surface area (Å²) in [6.45, 7) is 0.363. The van der Waals surface area contributed by atoms with Gasteiger partial charge >= 0.3 is 0 Å². The van der Waals surface area contributed by atoms with E-state index in [1.54, 1.807) is 30.5 Å². The van der Waals surface area contributed by atoms with Crippen molar-refractivity contribution >= 4 is 17.2 Å². The van der Waals surface area contributed by atoms with E-state index in [2.05, 4.69) is 10.3 Å². The zero-order chi connectivity index (χ0) is 15.4. The van der Waals surface area contributed by atoms with Gasteiger partial charge in [-0.05, 0) is 36.4 Å². The molecule has 0 unspecified atom stereocenters. The van der Waals surface area contributed by atoms with Gasteiger partial charge in [0.05, 0.1) is 24.9 Å². The lowest BCUT2D eigenvalue weighted by Gasteiger charge is -2.01. The molecule has 4 nitrogen and oxygen atoms in total. The van der Waals surface area contributed by atoms with Crippen molar-refractivity contribution in [2.75, 3.05) is 0 Å². The molecule has 6 heteroatoms. The average Bonchev–Trinajstić information content (AvgIpc) is 3.17. The van der Waals surface area contributed by atoms with Gasteiger partial charge in [-0.2, -0.15) is 0 Å². The molecule has 0 spiro atoms. The molecule has 112 valence electrons. The molecular weight excluding hydrogens is 303 g/mol. The summed E-state index contributed by atoms with van der Waals surface area (Å²) in [6.07, 6.45) is 1.78. The molecule has 1 amide bonds. The van der Waals surface area contributed by atoms with Crippen molar-refractivity contribution in [2.45, 2.75) is 13.0 Å². The van der Waals surface area contributed by atoms with Gasteiger partial charge in [0, 0.05) is 10.9 Å². The highest BCUT2D eigenvalue weighted by molar-refractivity contribution is 7.10. The average molecular weight is 316 g/mol. The van der Waals surface area contributed by atoms with Crippen LogP contribution < -0.4 is 5.32 Å². The topological polar surface area (TPSA) is 55.1 Å². The van der Waals surface area contributed by atoms with E-state index < -0.39 is 0 Å². The molecule has 1 aromatic carbocycles. The lowest BCUT2D eigenvalue weighted by atomic mass is 10.2. The van der Waals surface area contributed by atoms with Gasteiger partial charge in [0.2, 0.25) is 5.91 Å². The summed E-state index contributed by atoms with van der Waals surface area (Å²) in [6, 6.07) is 9.71. The Morgan fingerprint density at radius 2 is 2.09 bits per heavy atom. The third kappa shape index (κ3) is 3.59. The molecule has 0 saturated heterocycles. The highest BCUT2D eigenvalue weighted by Crippen LogP contribution is 2.22. The van der Waals surface area contributed by atoms with Crippen LogP contribution in [-0.2, 0) is 17.8 Å². The highest BCUT2D eigenvalue weighted by atomic mass is 32.1. The van der Waals surface area contributed by atoms with E-state index in [0.717, 1.165) is 16.3 Å². The van der Waals surface area contributed by atoms with Crippen LogP contribution in [0, 0.1) is 5.82 Å². The summed E-state index contributed by atoms with van der Waals surface area (Å²) < 4.78 is 18.0. The van der Waals surface area contributed by atoms with Gasteiger partial charge in [-0.3, -0.25) is 4.79 Å². The van der Waals surface area contributed by atoms with Crippen molar-refractivity contribution in [3.63, 3.8) is 0 Å². The molecule has 1 N–H and O–H groups in total. The van der Waals surface area contributed by atoms with Crippen LogP contribution in [0.15, 0.2) is 52.5 Å². The van der Waals surface area contributed by atoms with Crippen molar-refractivity contribution in [1.82, 2.24) is 10.3 Å². The van der Waals surface area contributed by atoms with Crippen molar-refractivity contribution < 1.29 is 13.6 Å². The van der Waals surface area contributed by atoms with Crippen LogP contribution in [0.4, 0.5) is 4.39 Å². The van der Waals surface area contributed by atoms with Crippen molar-refractivity contribution in [3.05, 3.63) is 64.6 Å². The second kappa shape index (κ2) is 6.53. The monoisotopic (exact) mass is 316 g/mol. The number of nitrogens with one attached hydrogen (secondary N) is 1. The Morgan fingerprint density at radius 1 is 1.27 bits per heavy atom. The smallest absolute Gasteiger partial charge is 0.227 e. The van der Waals surface area contributed by atoms with Gasteiger partial charge in [0.25, 0.3) is 0 Å². The number of hydrogen-bond acceptors (Lipinski definition) is 4. The van der Waals surface area contributed by atoms with Gasteiger partial charge in [-0.15, -0.1) is 11.3 Å². The molecule has 0 saturated carbocycles. The molecule has 3 rings (SSSR count). The van der Waals surface area contributed by atoms with Crippen LogP contribution in [0.1, 0.15) is 10.8 Å². The fourth-order valence-corrected chi connectivity index (χ4v) is 2.75. The predicted molar refractivity (Wildman–Crippen MR) is 81.8 cm³/mol. The van der Waals surface area contributed by atoms with E-state index in [1.165, 1.54) is 23.5 Å². The first kappa shape index (κ1) is 14.5. The summed E-state index contributed by atoms with van der Waals surface area (Å²) in [7, 11) is 0. The maximum Gasteiger partial charge on any atom is 0.227 e. The van der Waals surface area contributed by atoms with Crippen LogP contribution in [0.25, 0.3) is 11.3 Å². The van der Waals surface area contributed by atoms with Gasteiger partial charge in [0.15, 0.2) is 0 Å². The number of benzene rings is 1. The minimum absolute atomic E-state index is 0.114. The lowest BCUT2D eigenvalue weighted by molar-refractivity contribution is -0.120. The first-order valence-corrected chi connectivity index (χ1v) is 7.58. The molecule has 3 aromatic rings. The van der Waals surface area contributed by atoms with Gasteiger partial charge in [-0.25, -0.2) is 9.37 Å². The lowest BCUT2D eigenvalue weighted by Crippen LogP contribution is -2.24. The number of nitrogens with zero attached hydrogens (tertiary/aromatic N) is 1. The molecular formula is C16H13FN2O2S. The molecule has 0 aliphatic carbocycles. The van der Waals surface area contributed by atoms with Gasteiger partial charge < -0.3 is 9.73 Å². The Bertz CT molecular complexity index is 751. The predicted octanol–water partition coefficient (Wildman–Crippen LogP) is 3.40. The first-order valence-electron chi connectivity index (χ1n) is 6.70. The normalized spacial score (nSPS) is 10.6. The number of amides is 1. The summed E-state index contributed by atoms with van der Waals surface area (Å²) in [5.41, 5.74) is 1.58. The van der Waals surface area contributed by atoms with E-state index in [9.17, 15) is 9.18 Å². The number of carbonyl (C=O) groups excluding carboxylic acids is 1. The van der Waals surface area contributed by atoms with E-state index in [1.807, 2.05) is 5.38 Å². The summed E-state index contributed by atoms with van der Waals surface area (Å²) in [4.78, 5) is 16.3. The number of hydrogen-bond donors (Lipinski definition) is 1. The summed E-state index contributed by atoms with van der Waals surface area (Å²) >= 11 is 1.41. The third-order valence-corrected chi connectivity index (χ3v) is 3.89. The largest absolute Gasteiger partial charge is 0.467 e. The Kier molecular flexibility index (Phi) is 4.29. The zero-order valence-corrected chi connectivity index (χ0v) is 12.4. The van der Waals surface area contributed by atoms with Crippen LogP contribution in [-0.4, -0.2) is 10.9 Å². The molecule has 0 atom stereocenters. The molecule has 0 bridgehead atoms. The fraction of sp³-hybridized carbons (Fsp3) is 0.125.